The summed E-state index contributed by atoms with van der Waals surface area (Å²) < 4.78 is 0. The number of guanidine groups is 1. The summed E-state index contributed by atoms with van der Waals surface area (Å²) in [6.45, 7) is 4.35. The largest absolute Gasteiger partial charge is 0.506 e. The number of aliphatic imine (C=N–C) groups is 1. The third-order valence-electron chi connectivity index (χ3n) is 5.16. The van der Waals surface area contributed by atoms with Crippen LogP contribution in [0.1, 0.15) is 5.56 Å². The molecule has 0 unspecified atom stereocenters. The number of nitrogens with one attached hydrogen (secondary N) is 1. The quantitative estimate of drug-likeness (QED) is 0.369. The van der Waals surface area contributed by atoms with Gasteiger partial charge in [-0.15, -0.1) is 24.0 Å². The van der Waals surface area contributed by atoms with E-state index in [1.54, 1.807) is 6.07 Å². The predicted molar refractivity (Wildman–Crippen MR) is 133 cm³/mol. The maximum atomic E-state index is 10.1. The molecule has 2 N–H and O–H groups in total. The molecule has 0 atom stereocenters. The van der Waals surface area contributed by atoms with E-state index in [-0.39, 0.29) is 24.0 Å². The second kappa shape index (κ2) is 11.1. The Kier molecular flexibility index (Phi) is 8.88. The SMILES string of the molecule is CN=C(NCCc1ccc(N(C)C)cc1)N1CCN(c2ccccc2O)CC1.I. The van der Waals surface area contributed by atoms with Crippen LogP contribution in [0.5, 0.6) is 5.75 Å². The van der Waals surface area contributed by atoms with Gasteiger partial charge in [0.05, 0.1) is 5.69 Å². The molecule has 0 aromatic heterocycles. The molecule has 158 valence electrons. The van der Waals surface area contributed by atoms with Crippen molar-refractivity contribution in [3.63, 3.8) is 0 Å². The van der Waals surface area contributed by atoms with Crippen molar-refractivity contribution in [2.24, 2.45) is 4.99 Å². The number of piperazine rings is 1. The Bertz CT molecular complexity index is 786. The zero-order chi connectivity index (χ0) is 19.9. The van der Waals surface area contributed by atoms with E-state index in [1.165, 1.54) is 11.3 Å². The van der Waals surface area contributed by atoms with E-state index in [2.05, 4.69) is 63.4 Å². The summed E-state index contributed by atoms with van der Waals surface area (Å²) in [6.07, 6.45) is 0.963. The van der Waals surface area contributed by atoms with Gasteiger partial charge in [0.25, 0.3) is 0 Å². The van der Waals surface area contributed by atoms with Crippen LogP contribution in [0.25, 0.3) is 0 Å². The topological polar surface area (TPSA) is 54.3 Å². The van der Waals surface area contributed by atoms with Gasteiger partial charge in [0.1, 0.15) is 5.75 Å². The second-order valence-corrected chi connectivity index (χ2v) is 7.25. The Labute approximate surface area is 191 Å². The fraction of sp³-hybridized carbons (Fsp3) is 0.409. The third kappa shape index (κ3) is 6.16. The molecule has 0 bridgehead atoms. The number of para-hydroxylation sites is 2. The van der Waals surface area contributed by atoms with E-state index < -0.39 is 0 Å². The van der Waals surface area contributed by atoms with E-state index in [1.807, 2.05) is 25.2 Å². The molecule has 7 heteroatoms. The summed E-state index contributed by atoms with van der Waals surface area (Å²) in [5.74, 6) is 1.29. The van der Waals surface area contributed by atoms with E-state index >= 15 is 0 Å². The highest BCUT2D eigenvalue weighted by Gasteiger charge is 2.21. The standard InChI is InChI=1S/C22H31N5O.HI/c1-23-22(24-13-12-18-8-10-19(11-9-18)25(2)3)27-16-14-26(15-17-27)20-6-4-5-7-21(20)28;/h4-11,28H,12-17H2,1-3H3,(H,23,24);1H. The first-order valence-electron chi connectivity index (χ1n) is 9.83. The number of rotatable bonds is 5. The summed E-state index contributed by atoms with van der Waals surface area (Å²) in [7, 11) is 5.95. The van der Waals surface area contributed by atoms with Crippen LogP contribution in [0.15, 0.2) is 53.5 Å². The average Bonchev–Trinajstić information content (AvgIpc) is 2.72. The molecule has 2 aromatic carbocycles. The maximum Gasteiger partial charge on any atom is 0.193 e. The second-order valence-electron chi connectivity index (χ2n) is 7.25. The number of hydrogen-bond donors (Lipinski definition) is 2. The number of anilines is 2. The summed E-state index contributed by atoms with van der Waals surface area (Å²) >= 11 is 0. The van der Waals surface area contributed by atoms with Gasteiger partial charge in [0.2, 0.25) is 0 Å². The third-order valence-corrected chi connectivity index (χ3v) is 5.16. The minimum absolute atomic E-state index is 0. The van der Waals surface area contributed by atoms with E-state index in [4.69, 9.17) is 0 Å². The van der Waals surface area contributed by atoms with Crippen LogP contribution >= 0.6 is 24.0 Å². The Morgan fingerprint density at radius 2 is 1.69 bits per heavy atom. The minimum atomic E-state index is 0. The van der Waals surface area contributed by atoms with Crippen molar-refractivity contribution in [3.05, 3.63) is 54.1 Å². The molecule has 0 aliphatic carbocycles. The molecule has 1 aliphatic heterocycles. The summed E-state index contributed by atoms with van der Waals surface area (Å²) in [6, 6.07) is 16.2. The van der Waals surface area contributed by atoms with Gasteiger partial charge in [-0.1, -0.05) is 24.3 Å². The highest BCUT2D eigenvalue weighted by atomic mass is 127. The first-order chi connectivity index (χ1) is 13.6. The molecule has 1 fully saturated rings. The molecule has 0 saturated carbocycles. The highest BCUT2D eigenvalue weighted by Crippen LogP contribution is 2.27. The number of nitrogens with zero attached hydrogens (tertiary/aromatic N) is 4. The number of hydrogen-bond acceptors (Lipinski definition) is 4. The molecule has 1 aliphatic rings. The molecule has 0 spiro atoms. The smallest absolute Gasteiger partial charge is 0.193 e. The summed E-state index contributed by atoms with van der Waals surface area (Å²) in [5.41, 5.74) is 3.44. The zero-order valence-corrected chi connectivity index (χ0v) is 19.8. The Morgan fingerprint density at radius 3 is 2.28 bits per heavy atom. The van der Waals surface area contributed by atoms with Gasteiger partial charge in [-0.25, -0.2) is 0 Å². The van der Waals surface area contributed by atoms with Gasteiger partial charge in [-0.2, -0.15) is 0 Å². The lowest BCUT2D eigenvalue weighted by Gasteiger charge is -2.37. The molecule has 1 saturated heterocycles. The summed E-state index contributed by atoms with van der Waals surface area (Å²) in [4.78, 5) is 11.1. The Morgan fingerprint density at radius 1 is 1.03 bits per heavy atom. The van der Waals surface area contributed by atoms with Crippen molar-refractivity contribution in [2.75, 3.05) is 63.7 Å². The number of halogens is 1. The van der Waals surface area contributed by atoms with Crippen LogP contribution in [0.2, 0.25) is 0 Å². The van der Waals surface area contributed by atoms with Gasteiger partial charge in [0.15, 0.2) is 5.96 Å². The highest BCUT2D eigenvalue weighted by molar-refractivity contribution is 14.0. The molecule has 2 aromatic rings. The van der Waals surface area contributed by atoms with Crippen LogP contribution in [-0.4, -0.2) is 69.8 Å². The van der Waals surface area contributed by atoms with Gasteiger partial charge in [-0.3, -0.25) is 4.99 Å². The van der Waals surface area contributed by atoms with Crippen LogP contribution in [-0.2, 0) is 6.42 Å². The lowest BCUT2D eigenvalue weighted by Crippen LogP contribution is -2.52. The molecule has 29 heavy (non-hydrogen) atoms. The van der Waals surface area contributed by atoms with Crippen LogP contribution in [0.4, 0.5) is 11.4 Å². The molecule has 6 nitrogen and oxygen atoms in total. The van der Waals surface area contributed by atoms with E-state index in [0.717, 1.165) is 50.8 Å². The summed E-state index contributed by atoms with van der Waals surface area (Å²) in [5, 5.41) is 13.6. The van der Waals surface area contributed by atoms with Crippen LogP contribution in [0.3, 0.4) is 0 Å². The first-order valence-corrected chi connectivity index (χ1v) is 9.83. The van der Waals surface area contributed by atoms with Crippen molar-refractivity contribution in [3.8, 4) is 5.75 Å². The maximum absolute atomic E-state index is 10.1. The van der Waals surface area contributed by atoms with Crippen molar-refractivity contribution in [2.45, 2.75) is 6.42 Å². The van der Waals surface area contributed by atoms with Crippen molar-refractivity contribution in [1.82, 2.24) is 10.2 Å². The van der Waals surface area contributed by atoms with Crippen LogP contribution in [0, 0.1) is 0 Å². The van der Waals surface area contributed by atoms with Gasteiger partial charge in [0, 0.05) is 59.6 Å². The van der Waals surface area contributed by atoms with Crippen molar-refractivity contribution in [1.29, 1.82) is 0 Å². The molecular weight excluding hydrogens is 477 g/mol. The van der Waals surface area contributed by atoms with Crippen molar-refractivity contribution < 1.29 is 5.11 Å². The number of aromatic hydroxyl groups is 1. The van der Waals surface area contributed by atoms with Gasteiger partial charge >= 0.3 is 0 Å². The number of phenolic OH excluding ortho intramolecular Hbond substituents is 1. The number of phenols is 1. The average molecular weight is 509 g/mol. The number of benzene rings is 2. The fourth-order valence-electron chi connectivity index (χ4n) is 3.50. The zero-order valence-electron chi connectivity index (χ0n) is 17.5. The monoisotopic (exact) mass is 509 g/mol. The molecular formula is C22H32IN5O. The molecule has 3 rings (SSSR count). The molecule has 1 heterocycles. The molecule has 0 amide bonds. The fourth-order valence-corrected chi connectivity index (χ4v) is 3.50. The van der Waals surface area contributed by atoms with E-state index in [9.17, 15) is 5.11 Å². The van der Waals surface area contributed by atoms with Gasteiger partial charge in [-0.05, 0) is 36.2 Å². The first kappa shape index (κ1) is 23.1. The molecule has 0 radical (unpaired) electrons. The van der Waals surface area contributed by atoms with E-state index in [0.29, 0.717) is 5.75 Å². The minimum Gasteiger partial charge on any atom is -0.506 e. The predicted octanol–water partition coefficient (Wildman–Crippen LogP) is 3.02. The Balaban J connectivity index is 0.00000300. The van der Waals surface area contributed by atoms with Crippen LogP contribution < -0.4 is 15.1 Å². The van der Waals surface area contributed by atoms with Crippen molar-refractivity contribution >= 4 is 41.3 Å². The lowest BCUT2D eigenvalue weighted by atomic mass is 10.1. The lowest BCUT2D eigenvalue weighted by molar-refractivity contribution is 0.370. The van der Waals surface area contributed by atoms with Gasteiger partial charge < -0.3 is 25.1 Å². The normalized spacial score (nSPS) is 14.4. The Hall–Kier alpha value is -2.16.